The lowest BCUT2D eigenvalue weighted by Crippen LogP contribution is -2.05. The second kappa shape index (κ2) is 5.92. The standard InChI is InChI=1S/C14H17N3O4/c1-9-12(8-18)10(2)16(15-9)7-11-4-5-14(21-3)13(6-11)17(19)20/h4-6,18H,7-8H2,1-3H3. The molecular weight excluding hydrogens is 274 g/mol. The van der Waals surface area contributed by atoms with Crippen LogP contribution in [0.2, 0.25) is 0 Å². The number of benzene rings is 1. The van der Waals surface area contributed by atoms with Gasteiger partial charge in [0.05, 0.1) is 30.9 Å². The SMILES string of the molecule is COc1ccc(Cn2nc(C)c(CO)c2C)cc1[N+](=O)[O-]. The van der Waals surface area contributed by atoms with Gasteiger partial charge in [-0.2, -0.15) is 5.10 Å². The monoisotopic (exact) mass is 291 g/mol. The number of aliphatic hydroxyl groups excluding tert-OH is 1. The normalized spacial score (nSPS) is 10.7. The van der Waals surface area contributed by atoms with Crippen molar-refractivity contribution in [3.63, 3.8) is 0 Å². The molecule has 1 N–H and O–H groups in total. The van der Waals surface area contributed by atoms with Crippen molar-refractivity contribution >= 4 is 5.69 Å². The van der Waals surface area contributed by atoms with Crippen LogP contribution in [0.5, 0.6) is 5.75 Å². The molecule has 0 unspecified atom stereocenters. The van der Waals surface area contributed by atoms with Crippen LogP contribution in [0.1, 0.15) is 22.5 Å². The maximum atomic E-state index is 11.0. The zero-order valence-corrected chi connectivity index (χ0v) is 12.2. The van der Waals surface area contributed by atoms with Crippen molar-refractivity contribution in [2.45, 2.75) is 27.0 Å². The summed E-state index contributed by atoms with van der Waals surface area (Å²) in [6.07, 6.45) is 0. The van der Waals surface area contributed by atoms with Gasteiger partial charge in [0.25, 0.3) is 0 Å². The Morgan fingerprint density at radius 1 is 1.43 bits per heavy atom. The minimum atomic E-state index is -0.470. The van der Waals surface area contributed by atoms with Gasteiger partial charge in [-0.15, -0.1) is 0 Å². The molecule has 0 atom stereocenters. The number of aryl methyl sites for hydroxylation is 1. The van der Waals surface area contributed by atoms with Crippen LogP contribution in [0, 0.1) is 24.0 Å². The number of aromatic nitrogens is 2. The number of hydrogen-bond acceptors (Lipinski definition) is 5. The Kier molecular flexibility index (Phi) is 4.23. The van der Waals surface area contributed by atoms with Gasteiger partial charge >= 0.3 is 5.69 Å². The molecule has 0 aliphatic carbocycles. The molecule has 0 aliphatic heterocycles. The third-order valence-electron chi connectivity index (χ3n) is 3.46. The molecule has 0 spiro atoms. The van der Waals surface area contributed by atoms with Gasteiger partial charge in [-0.25, -0.2) is 0 Å². The number of aliphatic hydroxyl groups is 1. The summed E-state index contributed by atoms with van der Waals surface area (Å²) in [5, 5.41) is 24.7. The summed E-state index contributed by atoms with van der Waals surface area (Å²) in [5.41, 5.74) is 3.08. The van der Waals surface area contributed by atoms with E-state index in [1.54, 1.807) is 16.8 Å². The molecule has 7 nitrogen and oxygen atoms in total. The van der Waals surface area contributed by atoms with Crippen molar-refractivity contribution < 1.29 is 14.8 Å². The summed E-state index contributed by atoms with van der Waals surface area (Å²) in [6.45, 7) is 4.02. The van der Waals surface area contributed by atoms with Crippen molar-refractivity contribution in [3.05, 3.63) is 50.8 Å². The molecule has 1 aromatic carbocycles. The summed E-state index contributed by atoms with van der Waals surface area (Å²) < 4.78 is 6.71. The molecule has 0 radical (unpaired) electrons. The molecule has 0 saturated heterocycles. The van der Waals surface area contributed by atoms with E-state index < -0.39 is 4.92 Å². The van der Waals surface area contributed by atoms with Gasteiger partial charge in [-0.1, -0.05) is 6.07 Å². The van der Waals surface area contributed by atoms with Crippen LogP contribution in [0.4, 0.5) is 5.69 Å². The highest BCUT2D eigenvalue weighted by Gasteiger charge is 2.16. The van der Waals surface area contributed by atoms with Gasteiger partial charge in [0, 0.05) is 17.3 Å². The van der Waals surface area contributed by atoms with E-state index in [9.17, 15) is 15.2 Å². The van der Waals surface area contributed by atoms with Crippen LogP contribution in [0.3, 0.4) is 0 Å². The highest BCUT2D eigenvalue weighted by Crippen LogP contribution is 2.28. The fourth-order valence-corrected chi connectivity index (χ4v) is 2.27. The third-order valence-corrected chi connectivity index (χ3v) is 3.46. The van der Waals surface area contributed by atoms with E-state index in [4.69, 9.17) is 4.74 Å². The lowest BCUT2D eigenvalue weighted by molar-refractivity contribution is -0.385. The Morgan fingerprint density at radius 2 is 2.14 bits per heavy atom. The highest BCUT2D eigenvalue weighted by molar-refractivity contribution is 5.48. The van der Waals surface area contributed by atoms with Gasteiger partial charge in [0.2, 0.25) is 0 Å². The molecule has 0 aliphatic rings. The number of hydrogen-bond donors (Lipinski definition) is 1. The van der Waals surface area contributed by atoms with E-state index in [2.05, 4.69) is 5.10 Å². The minimum absolute atomic E-state index is 0.0690. The summed E-state index contributed by atoms with van der Waals surface area (Å²) in [7, 11) is 1.40. The molecule has 1 heterocycles. The number of nitro benzene ring substituents is 1. The number of ether oxygens (including phenoxy) is 1. The summed E-state index contributed by atoms with van der Waals surface area (Å²) in [4.78, 5) is 10.6. The quantitative estimate of drug-likeness (QED) is 0.671. The van der Waals surface area contributed by atoms with Crippen molar-refractivity contribution in [1.82, 2.24) is 9.78 Å². The zero-order valence-electron chi connectivity index (χ0n) is 12.2. The summed E-state index contributed by atoms with van der Waals surface area (Å²) >= 11 is 0. The molecular formula is C14H17N3O4. The molecule has 1 aromatic heterocycles. The van der Waals surface area contributed by atoms with E-state index in [0.717, 1.165) is 22.5 Å². The molecule has 0 amide bonds. The lowest BCUT2D eigenvalue weighted by atomic mass is 10.1. The summed E-state index contributed by atoms with van der Waals surface area (Å²) in [5.74, 6) is 0.230. The first kappa shape index (κ1) is 15.0. The Morgan fingerprint density at radius 3 is 2.67 bits per heavy atom. The molecule has 21 heavy (non-hydrogen) atoms. The van der Waals surface area contributed by atoms with Crippen molar-refractivity contribution in [2.24, 2.45) is 0 Å². The van der Waals surface area contributed by atoms with Crippen molar-refractivity contribution in [1.29, 1.82) is 0 Å². The predicted molar refractivity (Wildman–Crippen MR) is 76.4 cm³/mol. The second-order valence-electron chi connectivity index (χ2n) is 4.73. The molecule has 2 rings (SSSR count). The van der Waals surface area contributed by atoms with E-state index in [-0.39, 0.29) is 18.0 Å². The Balaban J connectivity index is 2.36. The highest BCUT2D eigenvalue weighted by atomic mass is 16.6. The first-order chi connectivity index (χ1) is 9.97. The fourth-order valence-electron chi connectivity index (χ4n) is 2.27. The van der Waals surface area contributed by atoms with E-state index in [0.29, 0.717) is 6.54 Å². The number of rotatable bonds is 5. The third kappa shape index (κ3) is 2.87. The largest absolute Gasteiger partial charge is 0.490 e. The topological polar surface area (TPSA) is 90.4 Å². The van der Waals surface area contributed by atoms with Gasteiger partial charge < -0.3 is 9.84 Å². The average Bonchev–Trinajstić information content (AvgIpc) is 2.72. The first-order valence-corrected chi connectivity index (χ1v) is 6.43. The maximum Gasteiger partial charge on any atom is 0.311 e. The molecule has 2 aromatic rings. The first-order valence-electron chi connectivity index (χ1n) is 6.43. The van der Waals surface area contributed by atoms with Crippen LogP contribution in [0.25, 0.3) is 0 Å². The predicted octanol–water partition coefficient (Wildman–Crippen LogP) is 1.96. The second-order valence-corrected chi connectivity index (χ2v) is 4.73. The number of methoxy groups -OCH3 is 1. The Bertz CT molecular complexity index is 679. The van der Waals surface area contributed by atoms with Crippen LogP contribution in [-0.4, -0.2) is 26.9 Å². The van der Waals surface area contributed by atoms with Crippen LogP contribution in [-0.2, 0) is 13.2 Å². The molecule has 0 bridgehead atoms. The fraction of sp³-hybridized carbons (Fsp3) is 0.357. The Labute approximate surface area is 121 Å². The molecule has 0 saturated carbocycles. The summed E-state index contributed by atoms with van der Waals surface area (Å²) in [6, 6.07) is 4.82. The van der Waals surface area contributed by atoms with Gasteiger partial charge in [-0.3, -0.25) is 14.8 Å². The van der Waals surface area contributed by atoms with Crippen LogP contribution in [0.15, 0.2) is 18.2 Å². The smallest absolute Gasteiger partial charge is 0.311 e. The number of nitro groups is 1. The van der Waals surface area contributed by atoms with Gasteiger partial charge in [-0.05, 0) is 25.5 Å². The lowest BCUT2D eigenvalue weighted by Gasteiger charge is -2.07. The molecule has 7 heteroatoms. The van der Waals surface area contributed by atoms with E-state index in [1.165, 1.54) is 13.2 Å². The van der Waals surface area contributed by atoms with Crippen molar-refractivity contribution in [2.75, 3.05) is 7.11 Å². The van der Waals surface area contributed by atoms with E-state index >= 15 is 0 Å². The van der Waals surface area contributed by atoms with Crippen LogP contribution >= 0.6 is 0 Å². The van der Waals surface area contributed by atoms with E-state index in [1.807, 2.05) is 13.8 Å². The zero-order chi connectivity index (χ0) is 15.6. The molecule has 0 fully saturated rings. The molecule has 112 valence electrons. The maximum absolute atomic E-state index is 11.0. The number of nitrogens with zero attached hydrogens (tertiary/aromatic N) is 3. The Hall–Kier alpha value is -2.41. The van der Waals surface area contributed by atoms with Gasteiger partial charge in [0.15, 0.2) is 5.75 Å². The minimum Gasteiger partial charge on any atom is -0.490 e. The van der Waals surface area contributed by atoms with Crippen molar-refractivity contribution in [3.8, 4) is 5.75 Å². The average molecular weight is 291 g/mol. The van der Waals surface area contributed by atoms with Crippen LogP contribution < -0.4 is 4.74 Å². The van der Waals surface area contributed by atoms with Gasteiger partial charge in [0.1, 0.15) is 0 Å².